The molecule has 2 aromatic heterocycles. The average Bonchev–Trinajstić information content (AvgIpc) is 3.34. The number of halogens is 1. The number of rotatable bonds is 6. The van der Waals surface area contributed by atoms with Crippen LogP contribution in [0.4, 0.5) is 15.8 Å². The number of nitrogens with zero attached hydrogens (tertiary/aromatic N) is 4. The molecule has 3 heterocycles. The second kappa shape index (κ2) is 8.22. The van der Waals surface area contributed by atoms with Crippen LogP contribution in [-0.2, 0) is 13.1 Å². The summed E-state index contributed by atoms with van der Waals surface area (Å²) in [5.41, 5.74) is 8.98. The maximum atomic E-state index is 12.7. The minimum atomic E-state index is -0.284. The van der Waals surface area contributed by atoms with E-state index in [1.54, 1.807) is 11.3 Å². The molecule has 0 radical (unpaired) electrons. The van der Waals surface area contributed by atoms with Gasteiger partial charge in [0.05, 0.1) is 30.8 Å². The maximum absolute atomic E-state index is 12.7. The normalized spacial score (nSPS) is 14.0. The minimum Gasteiger partial charge on any atom is -0.382 e. The lowest BCUT2D eigenvalue weighted by atomic mass is 10.1. The summed E-state index contributed by atoms with van der Waals surface area (Å²) in [5, 5.41) is 7.52. The molecule has 1 aliphatic heterocycles. The zero-order valence-electron chi connectivity index (χ0n) is 16.1. The van der Waals surface area contributed by atoms with Crippen molar-refractivity contribution in [2.75, 3.05) is 36.9 Å². The number of benzene rings is 1. The summed E-state index contributed by atoms with van der Waals surface area (Å²) in [6.45, 7) is 2.46. The quantitative estimate of drug-likeness (QED) is 0.648. The number of nitrogens with two attached hydrogens (primary N) is 1. The molecule has 0 aliphatic carbocycles. The lowest BCUT2D eigenvalue weighted by Crippen LogP contribution is -2.30. The third-order valence-corrected chi connectivity index (χ3v) is 6.13. The van der Waals surface area contributed by atoms with E-state index in [2.05, 4.69) is 46.6 Å². The van der Waals surface area contributed by atoms with Gasteiger partial charge in [-0.05, 0) is 35.4 Å². The summed E-state index contributed by atoms with van der Waals surface area (Å²) in [7, 11) is 2.10. The van der Waals surface area contributed by atoms with Gasteiger partial charge in [-0.2, -0.15) is 5.10 Å². The van der Waals surface area contributed by atoms with Gasteiger partial charge in [-0.1, -0.05) is 6.07 Å². The van der Waals surface area contributed by atoms with E-state index < -0.39 is 0 Å². The van der Waals surface area contributed by atoms with Crippen LogP contribution in [0, 0.1) is 0 Å². The average molecular weight is 415 g/mol. The van der Waals surface area contributed by atoms with Crippen LogP contribution in [0.5, 0.6) is 0 Å². The molecular weight excluding hydrogens is 391 g/mol. The highest BCUT2D eigenvalue weighted by molar-refractivity contribution is 7.15. The van der Waals surface area contributed by atoms with Crippen LogP contribution in [-0.4, -0.2) is 41.0 Å². The van der Waals surface area contributed by atoms with Crippen LogP contribution in [0.25, 0.3) is 10.4 Å². The first kappa shape index (κ1) is 19.4. The standard InChI is InChI=1S/C20H23FN6OS/c1-25-7-6-23-17-8-15(2-4-18(17)25)19-5-3-16(29-19)12-26-13-24-27(20(26)28)11-14(9-21)10-22/h2-5,8-9,13,23H,6-7,10-12,22H2,1H3/b14-9+. The van der Waals surface area contributed by atoms with Gasteiger partial charge in [0, 0.05) is 36.4 Å². The Morgan fingerprint density at radius 1 is 1.38 bits per heavy atom. The summed E-state index contributed by atoms with van der Waals surface area (Å²) in [6.07, 6.45) is 1.91. The molecule has 3 N–H and O–H groups in total. The fraction of sp³-hybridized carbons (Fsp3) is 0.300. The minimum absolute atomic E-state index is 0.0511. The zero-order valence-corrected chi connectivity index (χ0v) is 17.0. The highest BCUT2D eigenvalue weighted by atomic mass is 32.1. The van der Waals surface area contributed by atoms with Gasteiger partial charge in [0.2, 0.25) is 0 Å². The van der Waals surface area contributed by atoms with Crippen molar-refractivity contribution < 1.29 is 4.39 Å². The molecule has 0 atom stereocenters. The van der Waals surface area contributed by atoms with Crippen molar-refractivity contribution in [3.8, 4) is 10.4 Å². The van der Waals surface area contributed by atoms with Crippen LogP contribution < -0.4 is 21.6 Å². The lowest BCUT2D eigenvalue weighted by molar-refractivity contribution is 0.604. The van der Waals surface area contributed by atoms with Gasteiger partial charge < -0.3 is 16.0 Å². The smallest absolute Gasteiger partial charge is 0.346 e. The van der Waals surface area contributed by atoms with Crippen molar-refractivity contribution >= 4 is 22.7 Å². The van der Waals surface area contributed by atoms with E-state index in [4.69, 9.17) is 5.73 Å². The van der Waals surface area contributed by atoms with Crippen molar-refractivity contribution in [1.29, 1.82) is 0 Å². The van der Waals surface area contributed by atoms with Crippen LogP contribution in [0.1, 0.15) is 4.88 Å². The Hall–Kier alpha value is -2.91. The highest BCUT2D eigenvalue weighted by Gasteiger charge is 2.15. The first-order valence-electron chi connectivity index (χ1n) is 9.37. The topological polar surface area (TPSA) is 81.1 Å². The molecule has 152 valence electrons. The van der Waals surface area contributed by atoms with Crippen molar-refractivity contribution in [1.82, 2.24) is 14.3 Å². The third kappa shape index (κ3) is 3.96. The van der Waals surface area contributed by atoms with E-state index >= 15 is 0 Å². The molecule has 0 fully saturated rings. The van der Waals surface area contributed by atoms with Crippen LogP contribution in [0.3, 0.4) is 0 Å². The molecule has 9 heteroatoms. The molecule has 0 amide bonds. The molecule has 0 spiro atoms. The summed E-state index contributed by atoms with van der Waals surface area (Å²) in [5.74, 6) is 0. The Labute approximate surface area is 171 Å². The van der Waals surface area contributed by atoms with E-state index in [0.29, 0.717) is 18.4 Å². The second-order valence-corrected chi connectivity index (χ2v) is 8.19. The van der Waals surface area contributed by atoms with Crippen molar-refractivity contribution in [2.45, 2.75) is 13.1 Å². The Kier molecular flexibility index (Phi) is 5.50. The molecule has 1 aromatic carbocycles. The van der Waals surface area contributed by atoms with E-state index in [9.17, 15) is 9.18 Å². The van der Waals surface area contributed by atoms with Gasteiger partial charge in [-0.15, -0.1) is 11.3 Å². The molecule has 0 saturated carbocycles. The first-order valence-corrected chi connectivity index (χ1v) is 10.2. The van der Waals surface area contributed by atoms with Crippen molar-refractivity contribution in [3.63, 3.8) is 0 Å². The predicted octanol–water partition coefficient (Wildman–Crippen LogP) is 2.50. The number of nitrogens with one attached hydrogen (secondary N) is 1. The molecule has 1 aliphatic rings. The van der Waals surface area contributed by atoms with Crippen molar-refractivity contribution in [3.05, 3.63) is 63.9 Å². The van der Waals surface area contributed by atoms with Gasteiger partial charge in [0.1, 0.15) is 6.33 Å². The highest BCUT2D eigenvalue weighted by Crippen LogP contribution is 2.35. The SMILES string of the molecule is CN1CCNc2cc(-c3ccc(Cn4cnn(C/C(=C/F)CN)c4=O)s3)ccc21. The molecule has 0 saturated heterocycles. The number of aromatic nitrogens is 3. The van der Waals surface area contributed by atoms with E-state index in [1.807, 2.05) is 6.07 Å². The number of thiophene rings is 1. The molecule has 3 aromatic rings. The number of anilines is 2. The number of likely N-dealkylation sites (N-methyl/N-ethyl adjacent to an activating group) is 1. The number of hydrogen-bond acceptors (Lipinski definition) is 6. The lowest BCUT2D eigenvalue weighted by Gasteiger charge is -2.28. The molecule has 0 bridgehead atoms. The number of fused-ring (bicyclic) bond motifs is 1. The van der Waals surface area contributed by atoms with Gasteiger partial charge in [-0.25, -0.2) is 13.9 Å². The Bertz CT molecular complexity index is 1100. The summed E-state index contributed by atoms with van der Waals surface area (Å²) >= 11 is 1.64. The fourth-order valence-electron chi connectivity index (χ4n) is 3.35. The Balaban J connectivity index is 1.52. The summed E-state index contributed by atoms with van der Waals surface area (Å²) in [6, 6.07) is 10.5. The molecule has 7 nitrogen and oxygen atoms in total. The van der Waals surface area contributed by atoms with E-state index in [1.165, 1.54) is 21.3 Å². The second-order valence-electron chi connectivity index (χ2n) is 7.02. The van der Waals surface area contributed by atoms with Gasteiger partial charge in [0.25, 0.3) is 0 Å². The predicted molar refractivity (Wildman–Crippen MR) is 115 cm³/mol. The summed E-state index contributed by atoms with van der Waals surface area (Å²) in [4.78, 5) is 16.9. The molecule has 29 heavy (non-hydrogen) atoms. The van der Waals surface area contributed by atoms with E-state index in [0.717, 1.165) is 34.1 Å². The third-order valence-electron chi connectivity index (χ3n) is 5.01. The Morgan fingerprint density at radius 3 is 3.03 bits per heavy atom. The van der Waals surface area contributed by atoms with Gasteiger partial charge >= 0.3 is 5.69 Å². The zero-order chi connectivity index (χ0) is 20.4. The molecular formula is C20H23FN6OS. The monoisotopic (exact) mass is 414 g/mol. The van der Waals surface area contributed by atoms with Crippen LogP contribution in [0.15, 0.2) is 53.4 Å². The van der Waals surface area contributed by atoms with Gasteiger partial charge in [0.15, 0.2) is 0 Å². The van der Waals surface area contributed by atoms with E-state index in [-0.39, 0.29) is 18.8 Å². The molecule has 4 rings (SSSR count). The Morgan fingerprint density at radius 2 is 2.24 bits per heavy atom. The maximum Gasteiger partial charge on any atom is 0.346 e. The molecule has 0 unspecified atom stereocenters. The number of hydrogen-bond donors (Lipinski definition) is 2. The first-order chi connectivity index (χ1) is 14.1. The van der Waals surface area contributed by atoms with Crippen molar-refractivity contribution in [2.24, 2.45) is 5.73 Å². The van der Waals surface area contributed by atoms with Crippen LogP contribution >= 0.6 is 11.3 Å². The largest absolute Gasteiger partial charge is 0.382 e. The summed E-state index contributed by atoms with van der Waals surface area (Å²) < 4.78 is 15.5. The van der Waals surface area contributed by atoms with Crippen LogP contribution in [0.2, 0.25) is 0 Å². The van der Waals surface area contributed by atoms with Gasteiger partial charge in [-0.3, -0.25) is 4.57 Å². The fourth-order valence-corrected chi connectivity index (χ4v) is 4.36.